The number of fused-ring (bicyclic) bond motifs is 1. The van der Waals surface area contributed by atoms with E-state index < -0.39 is 30.5 Å². The van der Waals surface area contributed by atoms with Gasteiger partial charge in [-0.15, -0.1) is 0 Å². The zero-order valence-corrected chi connectivity index (χ0v) is 19.2. The molecule has 1 aromatic carbocycles. The second-order valence-corrected chi connectivity index (χ2v) is 8.28. The highest BCUT2D eigenvalue weighted by molar-refractivity contribution is 5.88. The number of anilines is 1. The molecule has 2 N–H and O–H groups in total. The van der Waals surface area contributed by atoms with Gasteiger partial charge in [0.05, 0.1) is 35.6 Å². The maximum atomic E-state index is 14.7. The van der Waals surface area contributed by atoms with Crippen molar-refractivity contribution in [3.8, 4) is 0 Å². The van der Waals surface area contributed by atoms with Crippen molar-refractivity contribution in [1.29, 1.82) is 0 Å². The molecule has 1 unspecified atom stereocenters. The van der Waals surface area contributed by atoms with Gasteiger partial charge in [0.25, 0.3) is 12.0 Å². The maximum Gasteiger partial charge on any atom is 0.271 e. The number of piperazine rings is 1. The van der Waals surface area contributed by atoms with E-state index in [4.69, 9.17) is 5.11 Å². The van der Waals surface area contributed by atoms with Gasteiger partial charge in [0.2, 0.25) is 5.91 Å². The molecule has 0 bridgehead atoms. The molecule has 1 aliphatic heterocycles. The minimum Gasteiger partial charge on any atom is -0.387 e. The Hall–Kier alpha value is -3.67. The van der Waals surface area contributed by atoms with Crippen molar-refractivity contribution in [2.24, 2.45) is 0 Å². The molecule has 4 rings (SSSR count). The number of benzene rings is 1. The number of nitrogens with one attached hydrogen (secondary N) is 1. The molecule has 35 heavy (non-hydrogen) atoms. The Morgan fingerprint density at radius 1 is 1.17 bits per heavy atom. The molecule has 0 aliphatic carbocycles. The van der Waals surface area contributed by atoms with E-state index in [0.717, 1.165) is 6.07 Å². The average Bonchev–Trinajstić information content (AvgIpc) is 2.83. The van der Waals surface area contributed by atoms with E-state index in [9.17, 15) is 22.8 Å². The Morgan fingerprint density at radius 2 is 1.86 bits per heavy atom. The van der Waals surface area contributed by atoms with E-state index in [1.807, 2.05) is 0 Å². The number of carbonyl (C=O) groups is 1. The molecule has 9 nitrogen and oxygen atoms in total. The van der Waals surface area contributed by atoms with Crippen LogP contribution in [0.5, 0.6) is 0 Å². The first-order chi connectivity index (χ1) is 16.7. The predicted octanol–water partition coefficient (Wildman–Crippen LogP) is 2.12. The molecule has 2 aromatic heterocycles. The molecule has 0 spiro atoms. The lowest BCUT2D eigenvalue weighted by molar-refractivity contribution is -0.134. The number of amides is 1. The number of aryl methyl sites for hydroxylation is 1. The fraction of sp³-hybridized carbons (Fsp3) is 0.391. The Kier molecular flexibility index (Phi) is 6.92. The van der Waals surface area contributed by atoms with E-state index in [0.29, 0.717) is 48.7 Å². The molecule has 3 heterocycles. The summed E-state index contributed by atoms with van der Waals surface area (Å²) in [6.07, 6.45) is -1.37. The Bertz CT molecular complexity index is 1310. The van der Waals surface area contributed by atoms with Crippen molar-refractivity contribution in [3.63, 3.8) is 0 Å². The van der Waals surface area contributed by atoms with Gasteiger partial charge in [0.15, 0.2) is 0 Å². The lowest BCUT2D eigenvalue weighted by Gasteiger charge is -2.36. The first-order valence-corrected chi connectivity index (χ1v) is 11.1. The summed E-state index contributed by atoms with van der Waals surface area (Å²) in [5, 5.41) is 14.4. The van der Waals surface area contributed by atoms with Crippen molar-refractivity contribution < 1.29 is 23.1 Å². The summed E-state index contributed by atoms with van der Waals surface area (Å²) in [7, 11) is 0. The van der Waals surface area contributed by atoms with Crippen LogP contribution in [0.25, 0.3) is 10.9 Å². The van der Waals surface area contributed by atoms with Gasteiger partial charge in [-0.25, -0.2) is 27.8 Å². The maximum absolute atomic E-state index is 14.7. The van der Waals surface area contributed by atoms with E-state index in [1.165, 1.54) is 27.8 Å². The number of aliphatic hydroxyl groups is 1. The van der Waals surface area contributed by atoms with Crippen LogP contribution in [-0.2, 0) is 4.79 Å². The van der Waals surface area contributed by atoms with Crippen LogP contribution >= 0.6 is 0 Å². The van der Waals surface area contributed by atoms with Crippen LogP contribution in [0.2, 0.25) is 0 Å². The molecular formula is C23H25F3N6O3. The van der Waals surface area contributed by atoms with Crippen molar-refractivity contribution in [1.82, 2.24) is 19.5 Å². The van der Waals surface area contributed by atoms with Crippen LogP contribution in [0, 0.1) is 12.7 Å². The summed E-state index contributed by atoms with van der Waals surface area (Å²) < 4.78 is 42.4. The number of halogens is 3. The third-order valence-corrected chi connectivity index (χ3v) is 5.99. The number of nitrogens with zero attached hydrogens (tertiary/aromatic N) is 5. The molecule has 3 aromatic rings. The average molecular weight is 490 g/mol. The Labute approximate surface area is 198 Å². The predicted molar refractivity (Wildman–Crippen MR) is 124 cm³/mol. The lowest BCUT2D eigenvalue weighted by Crippen LogP contribution is -2.55. The third-order valence-electron chi connectivity index (χ3n) is 5.99. The van der Waals surface area contributed by atoms with Gasteiger partial charge in [0.1, 0.15) is 24.1 Å². The van der Waals surface area contributed by atoms with Crippen LogP contribution in [0.4, 0.5) is 19.0 Å². The minimum atomic E-state index is -2.94. The van der Waals surface area contributed by atoms with Gasteiger partial charge in [-0.2, -0.15) is 0 Å². The van der Waals surface area contributed by atoms with Gasteiger partial charge >= 0.3 is 0 Å². The largest absolute Gasteiger partial charge is 0.387 e. The number of pyridine rings is 1. The topological polar surface area (TPSA) is 104 Å². The second kappa shape index (κ2) is 9.90. The van der Waals surface area contributed by atoms with Crippen LogP contribution in [0.1, 0.15) is 36.3 Å². The molecule has 1 aliphatic rings. The highest BCUT2D eigenvalue weighted by Gasteiger charge is 2.23. The van der Waals surface area contributed by atoms with Crippen molar-refractivity contribution in [2.75, 3.05) is 43.1 Å². The summed E-state index contributed by atoms with van der Waals surface area (Å²) in [5.74, 6) is -0.653. The van der Waals surface area contributed by atoms with E-state index in [1.54, 1.807) is 25.1 Å². The zero-order chi connectivity index (χ0) is 25.3. The fourth-order valence-electron chi connectivity index (χ4n) is 4.16. The minimum absolute atomic E-state index is 0.0604. The Balaban J connectivity index is 1.67. The molecule has 1 atom stereocenters. The van der Waals surface area contributed by atoms with Crippen LogP contribution in [0.15, 0.2) is 35.3 Å². The number of hydrogen-bond acceptors (Lipinski definition) is 7. The fourth-order valence-corrected chi connectivity index (χ4v) is 4.16. The lowest BCUT2D eigenvalue weighted by atomic mass is 10.0. The summed E-state index contributed by atoms with van der Waals surface area (Å²) in [6, 6.07) is 4.51. The molecular weight excluding hydrogens is 465 g/mol. The molecule has 0 saturated carbocycles. The smallest absolute Gasteiger partial charge is 0.271 e. The number of aliphatic hydroxyl groups excluding tert-OH is 1. The van der Waals surface area contributed by atoms with Gasteiger partial charge < -0.3 is 20.3 Å². The molecule has 1 saturated heterocycles. The van der Waals surface area contributed by atoms with E-state index >= 15 is 0 Å². The zero-order valence-electron chi connectivity index (χ0n) is 19.2. The number of rotatable bonds is 6. The van der Waals surface area contributed by atoms with Crippen LogP contribution < -0.4 is 15.9 Å². The standard InChI is InChI=1S/C23H25F3N6O3/c1-13(15-4-3-5-16(21(15)24)22(25)26)27-23-17-11-32(19(34)10-18(17)28-14(2)29-23)31-8-6-30(7-9-31)20(35)12-33/h3-5,10-11,13,22,33H,6-9,12H2,1-2H3,(H,27,28,29). The quantitative estimate of drug-likeness (QED) is 0.546. The molecule has 1 fully saturated rings. The highest BCUT2D eigenvalue weighted by atomic mass is 19.3. The van der Waals surface area contributed by atoms with Crippen LogP contribution in [-0.4, -0.2) is 63.3 Å². The van der Waals surface area contributed by atoms with Crippen molar-refractivity contribution in [2.45, 2.75) is 26.3 Å². The van der Waals surface area contributed by atoms with Gasteiger partial charge in [-0.05, 0) is 13.8 Å². The second-order valence-electron chi connectivity index (χ2n) is 8.28. The van der Waals surface area contributed by atoms with Crippen molar-refractivity contribution >= 4 is 22.6 Å². The van der Waals surface area contributed by atoms with Crippen LogP contribution in [0.3, 0.4) is 0 Å². The normalized spacial score (nSPS) is 15.1. The summed E-state index contributed by atoms with van der Waals surface area (Å²) >= 11 is 0. The van der Waals surface area contributed by atoms with E-state index in [2.05, 4.69) is 15.3 Å². The third kappa shape index (κ3) is 4.92. The molecule has 1 amide bonds. The first-order valence-electron chi connectivity index (χ1n) is 11.1. The summed E-state index contributed by atoms with van der Waals surface area (Å²) in [6.45, 7) is 4.14. The van der Waals surface area contributed by atoms with Crippen molar-refractivity contribution in [3.05, 3.63) is 63.6 Å². The van der Waals surface area contributed by atoms with Gasteiger partial charge in [-0.1, -0.05) is 18.2 Å². The summed E-state index contributed by atoms with van der Waals surface area (Å²) in [5.41, 5.74) is -0.561. The van der Waals surface area contributed by atoms with Gasteiger partial charge in [0, 0.05) is 30.9 Å². The number of aromatic nitrogens is 3. The number of hydrogen-bond donors (Lipinski definition) is 2. The number of carbonyl (C=O) groups excluding carboxylic acids is 1. The van der Waals surface area contributed by atoms with E-state index in [-0.39, 0.29) is 17.0 Å². The van der Waals surface area contributed by atoms with Gasteiger partial charge in [-0.3, -0.25) is 9.59 Å². The highest BCUT2D eigenvalue weighted by Crippen LogP contribution is 2.30. The summed E-state index contributed by atoms with van der Waals surface area (Å²) in [4.78, 5) is 34.8. The number of alkyl halides is 2. The first kappa shape index (κ1) is 24.5. The molecule has 186 valence electrons. The SMILES string of the molecule is Cc1nc(NC(C)c2cccc(C(F)F)c2F)c2cn(N3CCN(C(=O)CO)CC3)c(=O)cc2n1. The monoisotopic (exact) mass is 490 g/mol. The Morgan fingerprint density at radius 3 is 2.51 bits per heavy atom. The molecule has 0 radical (unpaired) electrons. The molecule has 12 heteroatoms.